The zero-order valence-corrected chi connectivity index (χ0v) is 13.9. The predicted octanol–water partition coefficient (Wildman–Crippen LogP) is 3.82. The fourth-order valence-corrected chi connectivity index (χ4v) is 3.82. The van der Waals surface area contributed by atoms with Crippen molar-refractivity contribution in [2.45, 2.75) is 0 Å². The van der Waals surface area contributed by atoms with Crippen LogP contribution < -0.4 is 11.3 Å². The predicted molar refractivity (Wildman–Crippen MR) is 95.8 cm³/mol. The van der Waals surface area contributed by atoms with Crippen molar-refractivity contribution in [1.29, 1.82) is 0 Å². The molecule has 2 heterocycles. The Morgan fingerprint density at radius 2 is 1.64 bits per heavy atom. The average molecular weight is 399 g/mol. The first-order valence-electron chi connectivity index (χ1n) is 7.26. The minimum atomic E-state index is -0.756. The van der Waals surface area contributed by atoms with Crippen molar-refractivity contribution in [2.24, 2.45) is 0 Å². The number of phenols is 2. The zero-order valence-electron chi connectivity index (χ0n) is 12.3. The summed E-state index contributed by atoms with van der Waals surface area (Å²) in [7, 11) is 0. The van der Waals surface area contributed by atoms with Crippen molar-refractivity contribution in [1.82, 2.24) is 0 Å². The summed E-state index contributed by atoms with van der Waals surface area (Å²) in [6.45, 7) is 0. The van der Waals surface area contributed by atoms with Gasteiger partial charge in [-0.1, -0.05) is 28.1 Å². The number of fused-ring (bicyclic) bond motifs is 2. The maximum absolute atomic E-state index is 12.5. The molecule has 25 heavy (non-hydrogen) atoms. The molecule has 0 aliphatic rings. The third-order valence-electron chi connectivity index (χ3n) is 4.38. The number of aromatic hydroxyl groups is 2. The van der Waals surface area contributed by atoms with Gasteiger partial charge in [-0.05, 0) is 18.2 Å². The lowest BCUT2D eigenvalue weighted by Crippen LogP contribution is -2.07. The smallest absolute Gasteiger partial charge is 0.348 e. The van der Waals surface area contributed by atoms with E-state index in [0.29, 0.717) is 9.86 Å². The Kier molecular flexibility index (Phi) is 2.58. The minimum Gasteiger partial charge on any atom is -0.507 e. The molecule has 0 saturated heterocycles. The Morgan fingerprint density at radius 1 is 0.840 bits per heavy atom. The Balaban J connectivity index is 2.33. The van der Waals surface area contributed by atoms with Crippen molar-refractivity contribution in [3.8, 4) is 11.5 Å². The molecule has 0 amide bonds. The molecule has 122 valence electrons. The largest absolute Gasteiger partial charge is 0.507 e. The molecule has 5 aromatic rings. The van der Waals surface area contributed by atoms with Gasteiger partial charge in [0.2, 0.25) is 0 Å². The van der Waals surface area contributed by atoms with Crippen LogP contribution in [0.25, 0.3) is 43.5 Å². The Morgan fingerprint density at radius 3 is 2.44 bits per heavy atom. The van der Waals surface area contributed by atoms with Crippen LogP contribution in [0.1, 0.15) is 0 Å². The molecule has 0 bridgehead atoms. The van der Waals surface area contributed by atoms with Gasteiger partial charge in [0.05, 0.1) is 10.8 Å². The lowest BCUT2D eigenvalue weighted by atomic mass is 9.97. The van der Waals surface area contributed by atoms with Gasteiger partial charge in [-0.15, -0.1) is 0 Å². The molecule has 6 nitrogen and oxygen atoms in total. The van der Waals surface area contributed by atoms with Crippen LogP contribution in [0.3, 0.4) is 0 Å². The van der Waals surface area contributed by atoms with Crippen LogP contribution in [0.2, 0.25) is 0 Å². The molecule has 0 atom stereocenters. The Hall–Kier alpha value is -3.06. The number of halogens is 1. The maximum atomic E-state index is 12.5. The third kappa shape index (κ3) is 1.68. The molecule has 2 aromatic heterocycles. The van der Waals surface area contributed by atoms with E-state index in [9.17, 15) is 19.8 Å². The second-order valence-corrected chi connectivity index (χ2v) is 6.65. The lowest BCUT2D eigenvalue weighted by molar-refractivity contribution is 0.475. The first kappa shape index (κ1) is 14.3. The highest BCUT2D eigenvalue weighted by Crippen LogP contribution is 2.44. The van der Waals surface area contributed by atoms with Crippen LogP contribution in [0.5, 0.6) is 11.5 Å². The van der Waals surface area contributed by atoms with Crippen LogP contribution in [0.15, 0.2) is 53.2 Å². The van der Waals surface area contributed by atoms with Crippen LogP contribution >= 0.6 is 15.9 Å². The van der Waals surface area contributed by atoms with E-state index in [1.54, 1.807) is 12.1 Å². The van der Waals surface area contributed by atoms with Crippen molar-refractivity contribution in [2.75, 3.05) is 0 Å². The number of rotatable bonds is 0. The standard InChI is InChI=1S/C18H7BrO6/c19-6-4-8-12-10(5-6)24-18(23)14-13(12)16(25-17(8)22)11-7(15(14)21)2-1-3-9(11)20/h1-5,20-21H. The molecular formula is C18H7BrO6. The highest BCUT2D eigenvalue weighted by Gasteiger charge is 2.24. The fourth-order valence-electron chi connectivity index (χ4n) is 3.39. The first-order valence-corrected chi connectivity index (χ1v) is 8.05. The van der Waals surface area contributed by atoms with Gasteiger partial charge in [0.1, 0.15) is 22.5 Å². The molecule has 0 aliphatic heterocycles. The van der Waals surface area contributed by atoms with Gasteiger partial charge < -0.3 is 19.0 Å². The summed E-state index contributed by atoms with van der Waals surface area (Å²) in [4.78, 5) is 25.0. The molecule has 5 rings (SSSR count). The zero-order chi connectivity index (χ0) is 17.5. The molecule has 0 radical (unpaired) electrons. The maximum Gasteiger partial charge on any atom is 0.348 e. The summed E-state index contributed by atoms with van der Waals surface area (Å²) < 4.78 is 11.3. The van der Waals surface area contributed by atoms with Gasteiger partial charge in [-0.3, -0.25) is 0 Å². The minimum absolute atomic E-state index is 0.0404. The summed E-state index contributed by atoms with van der Waals surface area (Å²) >= 11 is 3.27. The topological polar surface area (TPSA) is 101 Å². The molecule has 7 heteroatoms. The van der Waals surface area contributed by atoms with E-state index in [4.69, 9.17) is 8.83 Å². The average Bonchev–Trinajstić information content (AvgIpc) is 2.56. The van der Waals surface area contributed by atoms with E-state index in [2.05, 4.69) is 15.9 Å². The highest BCUT2D eigenvalue weighted by atomic mass is 79.9. The normalized spacial score (nSPS) is 12.0. The molecule has 0 spiro atoms. The quantitative estimate of drug-likeness (QED) is 0.233. The molecule has 0 saturated carbocycles. The molecule has 0 fully saturated rings. The van der Waals surface area contributed by atoms with Crippen molar-refractivity contribution < 1.29 is 19.0 Å². The number of benzene rings is 3. The van der Waals surface area contributed by atoms with E-state index >= 15 is 0 Å². The van der Waals surface area contributed by atoms with Crippen LogP contribution in [0.4, 0.5) is 0 Å². The number of phenolic OH excluding ortho intramolecular Hbond substituents is 2. The van der Waals surface area contributed by atoms with Gasteiger partial charge in [-0.2, -0.15) is 0 Å². The molecule has 0 unspecified atom stereocenters. The van der Waals surface area contributed by atoms with Gasteiger partial charge in [-0.25, -0.2) is 9.59 Å². The van der Waals surface area contributed by atoms with E-state index in [1.165, 1.54) is 18.2 Å². The SMILES string of the molecule is O=c1oc2c3c(O)cccc3c(O)c3c(=O)oc4cc(Br)cc1c4c32. The van der Waals surface area contributed by atoms with Crippen LogP contribution in [-0.4, -0.2) is 10.2 Å². The highest BCUT2D eigenvalue weighted by molar-refractivity contribution is 9.10. The molecule has 2 N–H and O–H groups in total. The fraction of sp³-hybridized carbons (Fsp3) is 0. The summed E-state index contributed by atoms with van der Waals surface area (Å²) in [6.07, 6.45) is 0. The van der Waals surface area contributed by atoms with Crippen molar-refractivity contribution in [3.63, 3.8) is 0 Å². The Bertz CT molecular complexity index is 1460. The lowest BCUT2D eigenvalue weighted by Gasteiger charge is -2.12. The van der Waals surface area contributed by atoms with Crippen molar-refractivity contribution in [3.05, 3.63) is 55.6 Å². The summed E-state index contributed by atoms with van der Waals surface area (Å²) in [6, 6.07) is 7.58. The molecular weight excluding hydrogens is 392 g/mol. The summed E-state index contributed by atoms with van der Waals surface area (Å²) in [5.74, 6) is -0.494. The van der Waals surface area contributed by atoms with Gasteiger partial charge in [0.25, 0.3) is 0 Å². The summed E-state index contributed by atoms with van der Waals surface area (Å²) in [5.41, 5.74) is -1.16. The van der Waals surface area contributed by atoms with Crippen LogP contribution in [0, 0.1) is 0 Å². The second kappa shape index (κ2) is 4.52. The van der Waals surface area contributed by atoms with E-state index in [1.807, 2.05) is 0 Å². The van der Waals surface area contributed by atoms with Gasteiger partial charge >= 0.3 is 11.3 Å². The van der Waals surface area contributed by atoms with Crippen molar-refractivity contribution >= 4 is 59.4 Å². The third-order valence-corrected chi connectivity index (χ3v) is 4.83. The van der Waals surface area contributed by atoms with Gasteiger partial charge in [0.15, 0.2) is 5.58 Å². The van der Waals surface area contributed by atoms with Gasteiger partial charge in [0, 0.05) is 20.6 Å². The monoisotopic (exact) mass is 398 g/mol. The Labute approximate surface area is 146 Å². The van der Waals surface area contributed by atoms with Crippen LogP contribution in [-0.2, 0) is 0 Å². The number of hydrogen-bond acceptors (Lipinski definition) is 6. The summed E-state index contributed by atoms with van der Waals surface area (Å²) in [5, 5.41) is 22.0. The van der Waals surface area contributed by atoms with E-state index in [-0.39, 0.29) is 49.6 Å². The molecule has 3 aromatic carbocycles. The second-order valence-electron chi connectivity index (χ2n) is 5.73. The molecule has 0 aliphatic carbocycles. The van der Waals surface area contributed by atoms with E-state index in [0.717, 1.165) is 0 Å². The van der Waals surface area contributed by atoms with E-state index < -0.39 is 11.3 Å². The number of hydrogen-bond donors (Lipinski definition) is 2. The first-order chi connectivity index (χ1) is 12.0.